The lowest BCUT2D eigenvalue weighted by Gasteiger charge is -2.13. The van der Waals surface area contributed by atoms with Crippen molar-refractivity contribution in [2.24, 2.45) is 0 Å². The van der Waals surface area contributed by atoms with Crippen LogP contribution in [0.3, 0.4) is 0 Å². The molecule has 7 nitrogen and oxygen atoms in total. The second-order valence-corrected chi connectivity index (χ2v) is 5.82. The molecule has 2 N–H and O–H groups in total. The largest absolute Gasteiger partial charge is 0.494 e. The number of carbonyl (C=O) groups is 2. The normalized spacial score (nSPS) is 10.4. The molecule has 0 saturated carbocycles. The van der Waals surface area contributed by atoms with Gasteiger partial charge >= 0.3 is 5.97 Å². The van der Waals surface area contributed by atoms with Crippen molar-refractivity contribution in [3.8, 4) is 11.5 Å². The van der Waals surface area contributed by atoms with Gasteiger partial charge < -0.3 is 24.5 Å². The summed E-state index contributed by atoms with van der Waals surface area (Å²) in [5, 5.41) is 2.84. The molecule has 0 saturated heterocycles. The van der Waals surface area contributed by atoms with Gasteiger partial charge in [0.1, 0.15) is 17.2 Å². The predicted octanol–water partition coefficient (Wildman–Crippen LogP) is 3.86. The summed E-state index contributed by atoms with van der Waals surface area (Å²) in [6.45, 7) is 10.2. The topological polar surface area (TPSA) is 89.7 Å². The molecule has 0 atom stereocenters. The Morgan fingerprint density at radius 3 is 2.37 bits per heavy atom. The second kappa shape index (κ2) is 9.12. The summed E-state index contributed by atoms with van der Waals surface area (Å²) in [7, 11) is 0. The fraction of sp³-hybridized carbons (Fsp3) is 0.400. The van der Waals surface area contributed by atoms with Crippen LogP contribution in [-0.2, 0) is 4.74 Å². The number of benzene rings is 1. The van der Waals surface area contributed by atoms with E-state index in [4.69, 9.17) is 14.2 Å². The maximum Gasteiger partial charge on any atom is 0.340 e. The van der Waals surface area contributed by atoms with Crippen molar-refractivity contribution in [1.82, 2.24) is 4.98 Å². The SMILES string of the molecule is CCOC(=O)c1c(C)[nH]c(C(=O)Nc2cc(OCC)ccc2OCC)c1C. The van der Waals surface area contributed by atoms with Gasteiger partial charge in [-0.3, -0.25) is 4.79 Å². The van der Waals surface area contributed by atoms with E-state index in [0.717, 1.165) is 0 Å². The maximum absolute atomic E-state index is 12.8. The van der Waals surface area contributed by atoms with Crippen molar-refractivity contribution in [3.63, 3.8) is 0 Å². The van der Waals surface area contributed by atoms with Gasteiger partial charge in [-0.05, 0) is 52.3 Å². The highest BCUT2D eigenvalue weighted by molar-refractivity contribution is 6.07. The number of nitrogens with one attached hydrogen (secondary N) is 2. The third-order valence-corrected chi connectivity index (χ3v) is 3.95. The molecule has 1 amide bonds. The fourth-order valence-electron chi connectivity index (χ4n) is 2.82. The zero-order valence-electron chi connectivity index (χ0n) is 16.4. The number of esters is 1. The molecular formula is C20H26N2O5. The van der Waals surface area contributed by atoms with Crippen LogP contribution in [0, 0.1) is 13.8 Å². The summed E-state index contributed by atoms with van der Waals surface area (Å²) in [5.74, 6) is 0.348. The Morgan fingerprint density at radius 2 is 1.74 bits per heavy atom. The number of H-pyrrole nitrogens is 1. The van der Waals surface area contributed by atoms with Crippen LogP contribution < -0.4 is 14.8 Å². The molecule has 0 spiro atoms. The lowest BCUT2D eigenvalue weighted by molar-refractivity contribution is 0.0525. The van der Waals surface area contributed by atoms with E-state index in [1.165, 1.54) is 0 Å². The van der Waals surface area contributed by atoms with E-state index in [1.807, 2.05) is 13.8 Å². The highest BCUT2D eigenvalue weighted by Gasteiger charge is 2.23. The smallest absolute Gasteiger partial charge is 0.340 e. The van der Waals surface area contributed by atoms with Crippen LogP contribution >= 0.6 is 0 Å². The van der Waals surface area contributed by atoms with E-state index in [9.17, 15) is 9.59 Å². The van der Waals surface area contributed by atoms with Gasteiger partial charge in [0, 0.05) is 11.8 Å². The molecular weight excluding hydrogens is 348 g/mol. The average Bonchev–Trinajstić information content (AvgIpc) is 2.92. The minimum absolute atomic E-state index is 0.270. The van der Waals surface area contributed by atoms with Crippen molar-refractivity contribution in [2.75, 3.05) is 25.1 Å². The van der Waals surface area contributed by atoms with Crippen molar-refractivity contribution in [2.45, 2.75) is 34.6 Å². The minimum Gasteiger partial charge on any atom is -0.494 e. The number of carbonyl (C=O) groups excluding carboxylic acids is 2. The lowest BCUT2D eigenvalue weighted by atomic mass is 10.1. The Balaban J connectivity index is 2.33. The Kier molecular flexibility index (Phi) is 6.87. The quantitative estimate of drug-likeness (QED) is 0.685. The van der Waals surface area contributed by atoms with Crippen LogP contribution in [0.1, 0.15) is 52.9 Å². The molecule has 1 aromatic heterocycles. The van der Waals surface area contributed by atoms with Crippen LogP contribution in [0.5, 0.6) is 11.5 Å². The average molecular weight is 374 g/mol. The molecule has 0 bridgehead atoms. The molecule has 7 heteroatoms. The van der Waals surface area contributed by atoms with E-state index in [2.05, 4.69) is 10.3 Å². The zero-order chi connectivity index (χ0) is 20.0. The summed E-state index contributed by atoms with van der Waals surface area (Å²) in [6, 6.07) is 5.25. The first-order chi connectivity index (χ1) is 12.9. The number of hydrogen-bond donors (Lipinski definition) is 2. The number of hydrogen-bond acceptors (Lipinski definition) is 5. The Labute approximate surface area is 159 Å². The standard InChI is InChI=1S/C20H26N2O5/c1-6-25-14-9-10-16(26-7-2)15(11-14)22-19(23)18-12(4)17(13(5)21-18)20(24)27-8-3/h9-11,21H,6-8H2,1-5H3,(H,22,23). The van der Waals surface area contributed by atoms with Crippen molar-refractivity contribution < 1.29 is 23.8 Å². The van der Waals surface area contributed by atoms with Crippen molar-refractivity contribution in [3.05, 3.63) is 40.7 Å². The van der Waals surface area contributed by atoms with E-state index in [0.29, 0.717) is 52.9 Å². The third kappa shape index (κ3) is 4.61. The Hall–Kier alpha value is -2.96. The van der Waals surface area contributed by atoms with E-state index >= 15 is 0 Å². The molecule has 0 aliphatic heterocycles. The van der Waals surface area contributed by atoms with Gasteiger partial charge in [-0.15, -0.1) is 0 Å². The summed E-state index contributed by atoms with van der Waals surface area (Å²) in [4.78, 5) is 27.9. The summed E-state index contributed by atoms with van der Waals surface area (Å²) in [6.07, 6.45) is 0. The first-order valence-corrected chi connectivity index (χ1v) is 9.00. The third-order valence-electron chi connectivity index (χ3n) is 3.95. The molecule has 27 heavy (non-hydrogen) atoms. The van der Waals surface area contributed by atoms with Crippen molar-refractivity contribution >= 4 is 17.6 Å². The number of aromatic amines is 1. The van der Waals surface area contributed by atoms with Crippen LogP contribution in [0.15, 0.2) is 18.2 Å². The van der Waals surface area contributed by atoms with Gasteiger partial charge in [-0.1, -0.05) is 0 Å². The van der Waals surface area contributed by atoms with Gasteiger partial charge in [0.15, 0.2) is 0 Å². The number of anilines is 1. The Morgan fingerprint density at radius 1 is 1.04 bits per heavy atom. The molecule has 0 radical (unpaired) electrons. The van der Waals surface area contributed by atoms with Gasteiger partial charge in [-0.25, -0.2) is 4.79 Å². The number of aryl methyl sites for hydroxylation is 1. The molecule has 0 fully saturated rings. The molecule has 0 unspecified atom stereocenters. The number of rotatable bonds is 8. The predicted molar refractivity (Wildman–Crippen MR) is 103 cm³/mol. The zero-order valence-corrected chi connectivity index (χ0v) is 16.4. The van der Waals surface area contributed by atoms with Crippen LogP contribution in [0.2, 0.25) is 0 Å². The second-order valence-electron chi connectivity index (χ2n) is 5.82. The van der Waals surface area contributed by atoms with E-state index in [1.54, 1.807) is 39.0 Å². The first-order valence-electron chi connectivity index (χ1n) is 9.00. The van der Waals surface area contributed by atoms with Gasteiger partial charge in [0.05, 0.1) is 31.1 Å². The van der Waals surface area contributed by atoms with Gasteiger partial charge in [-0.2, -0.15) is 0 Å². The first kappa shape index (κ1) is 20.4. The monoisotopic (exact) mass is 374 g/mol. The van der Waals surface area contributed by atoms with E-state index < -0.39 is 5.97 Å². The molecule has 2 rings (SSSR count). The molecule has 146 valence electrons. The number of amides is 1. The van der Waals surface area contributed by atoms with Crippen LogP contribution in [-0.4, -0.2) is 36.7 Å². The van der Waals surface area contributed by atoms with Gasteiger partial charge in [0.2, 0.25) is 0 Å². The molecule has 1 heterocycles. The van der Waals surface area contributed by atoms with Crippen LogP contribution in [0.25, 0.3) is 0 Å². The molecule has 0 aliphatic rings. The lowest BCUT2D eigenvalue weighted by Crippen LogP contribution is -2.15. The maximum atomic E-state index is 12.8. The van der Waals surface area contributed by atoms with Crippen molar-refractivity contribution in [1.29, 1.82) is 0 Å². The molecule has 0 aliphatic carbocycles. The Bertz CT molecular complexity index is 826. The number of aromatic nitrogens is 1. The van der Waals surface area contributed by atoms with E-state index in [-0.39, 0.29) is 12.5 Å². The summed E-state index contributed by atoms with van der Waals surface area (Å²) in [5.41, 5.74) is 2.32. The highest BCUT2D eigenvalue weighted by atomic mass is 16.5. The van der Waals surface area contributed by atoms with Crippen LogP contribution in [0.4, 0.5) is 5.69 Å². The molecule has 2 aromatic rings. The highest BCUT2D eigenvalue weighted by Crippen LogP contribution is 2.30. The fourth-order valence-corrected chi connectivity index (χ4v) is 2.82. The summed E-state index contributed by atoms with van der Waals surface area (Å²) >= 11 is 0. The molecule has 1 aromatic carbocycles. The van der Waals surface area contributed by atoms with Gasteiger partial charge in [0.25, 0.3) is 5.91 Å². The minimum atomic E-state index is -0.448. The summed E-state index contributed by atoms with van der Waals surface area (Å²) < 4.78 is 16.1. The number of ether oxygens (including phenoxy) is 3.